The Morgan fingerprint density at radius 2 is 1.83 bits per heavy atom. The second-order valence-electron chi connectivity index (χ2n) is 6.50. The van der Waals surface area contributed by atoms with Crippen LogP contribution in [0.1, 0.15) is 37.3 Å². The minimum Gasteiger partial charge on any atom is -0.330 e. The van der Waals surface area contributed by atoms with E-state index >= 15 is 0 Å². The summed E-state index contributed by atoms with van der Waals surface area (Å²) in [6, 6.07) is 11.1. The van der Waals surface area contributed by atoms with Gasteiger partial charge < -0.3 is 5.32 Å². The van der Waals surface area contributed by atoms with Gasteiger partial charge in [-0.3, -0.25) is 9.78 Å². The van der Waals surface area contributed by atoms with E-state index < -0.39 is 0 Å². The average molecular weight is 309 g/mol. The number of nitrogens with zero attached hydrogens (tertiary/aromatic N) is 4. The Morgan fingerprint density at radius 1 is 1.13 bits per heavy atom. The van der Waals surface area contributed by atoms with Crippen LogP contribution in [0.2, 0.25) is 0 Å². The van der Waals surface area contributed by atoms with E-state index in [2.05, 4.69) is 41.4 Å². The molecule has 6 nitrogen and oxygen atoms in total. The first-order valence-electron chi connectivity index (χ1n) is 7.47. The summed E-state index contributed by atoms with van der Waals surface area (Å²) in [6.45, 7) is 6.17. The fourth-order valence-electron chi connectivity index (χ4n) is 2.43. The molecule has 0 saturated carbocycles. The van der Waals surface area contributed by atoms with E-state index in [4.69, 9.17) is 0 Å². The maximum Gasteiger partial charge on any atom is 0.253 e. The largest absolute Gasteiger partial charge is 0.330 e. The minimum absolute atomic E-state index is 0.160. The van der Waals surface area contributed by atoms with Crippen LogP contribution in [-0.2, 0) is 0 Å². The van der Waals surface area contributed by atoms with Crippen molar-refractivity contribution < 1.29 is 4.79 Å². The zero-order valence-corrected chi connectivity index (χ0v) is 13.4. The van der Waals surface area contributed by atoms with Crippen molar-refractivity contribution in [2.45, 2.75) is 26.9 Å². The van der Waals surface area contributed by atoms with Crippen LogP contribution in [0.4, 0.5) is 0 Å². The Bertz CT molecular complexity index is 820. The molecule has 118 valence electrons. The first-order chi connectivity index (χ1) is 11.0. The van der Waals surface area contributed by atoms with E-state index in [9.17, 15) is 4.79 Å². The number of carbonyl (C=O) groups excluding carboxylic acids is 1. The fraction of sp³-hybridized carbons (Fsp3) is 0.294. The Morgan fingerprint density at radius 3 is 2.52 bits per heavy atom. The number of aromatic nitrogens is 4. The summed E-state index contributed by atoms with van der Waals surface area (Å²) in [5.74, 6) is -0.160. The molecule has 0 radical (unpaired) electrons. The Labute approximate surface area is 134 Å². The van der Waals surface area contributed by atoms with Gasteiger partial charge in [0.1, 0.15) is 11.7 Å². The quantitative estimate of drug-likeness (QED) is 0.807. The van der Waals surface area contributed by atoms with Crippen molar-refractivity contribution in [3.63, 3.8) is 0 Å². The zero-order valence-electron chi connectivity index (χ0n) is 13.4. The third-order valence-electron chi connectivity index (χ3n) is 3.65. The molecule has 1 aromatic carbocycles. The van der Waals surface area contributed by atoms with E-state index in [1.54, 1.807) is 29.2 Å². The van der Waals surface area contributed by atoms with Gasteiger partial charge in [0.15, 0.2) is 0 Å². The Balaban J connectivity index is 1.98. The number of pyridine rings is 1. The summed E-state index contributed by atoms with van der Waals surface area (Å²) in [5, 5.41) is 11.5. The van der Waals surface area contributed by atoms with E-state index in [-0.39, 0.29) is 17.5 Å². The van der Waals surface area contributed by atoms with Gasteiger partial charge >= 0.3 is 0 Å². The molecular formula is C17H19N5O. The number of rotatable bonds is 3. The van der Waals surface area contributed by atoms with Crippen LogP contribution < -0.4 is 5.32 Å². The van der Waals surface area contributed by atoms with Crippen LogP contribution in [0, 0.1) is 5.41 Å². The third-order valence-corrected chi connectivity index (χ3v) is 3.65. The van der Waals surface area contributed by atoms with Crippen molar-refractivity contribution >= 4 is 16.9 Å². The Hall–Kier alpha value is -2.76. The lowest BCUT2D eigenvalue weighted by molar-refractivity contribution is 0.0843. The van der Waals surface area contributed by atoms with E-state index in [1.165, 1.54) is 0 Å². The summed E-state index contributed by atoms with van der Waals surface area (Å²) in [4.78, 5) is 16.5. The molecule has 0 spiro atoms. The van der Waals surface area contributed by atoms with Crippen molar-refractivity contribution in [3.8, 4) is 0 Å². The van der Waals surface area contributed by atoms with Gasteiger partial charge in [-0.2, -0.15) is 0 Å². The number of amides is 1. The van der Waals surface area contributed by atoms with Gasteiger partial charge in [0.25, 0.3) is 5.91 Å². The predicted molar refractivity (Wildman–Crippen MR) is 87.7 cm³/mol. The van der Waals surface area contributed by atoms with Crippen molar-refractivity contribution in [1.29, 1.82) is 0 Å². The van der Waals surface area contributed by atoms with Crippen molar-refractivity contribution in [1.82, 2.24) is 25.3 Å². The molecule has 0 aliphatic rings. The van der Waals surface area contributed by atoms with Gasteiger partial charge in [0, 0.05) is 23.4 Å². The van der Waals surface area contributed by atoms with Gasteiger partial charge in [-0.15, -0.1) is 5.10 Å². The summed E-state index contributed by atoms with van der Waals surface area (Å²) in [6.07, 6.45) is 2.88. The van der Waals surface area contributed by atoms with Crippen LogP contribution >= 0.6 is 0 Å². The molecule has 2 heterocycles. The lowest BCUT2D eigenvalue weighted by atomic mass is 9.92. The van der Waals surface area contributed by atoms with Crippen LogP contribution in [0.5, 0.6) is 0 Å². The number of fused-ring (bicyclic) bond motifs is 1. The molecule has 0 aliphatic heterocycles. The van der Waals surface area contributed by atoms with Crippen molar-refractivity contribution in [2.75, 3.05) is 0 Å². The second-order valence-corrected chi connectivity index (χ2v) is 6.50. The fourth-order valence-corrected chi connectivity index (χ4v) is 2.43. The topological polar surface area (TPSA) is 72.7 Å². The molecule has 1 N–H and O–H groups in total. The third kappa shape index (κ3) is 3.06. The summed E-state index contributed by atoms with van der Waals surface area (Å²) in [5.41, 5.74) is 2.03. The first kappa shape index (κ1) is 15.1. The zero-order chi connectivity index (χ0) is 16.4. The van der Waals surface area contributed by atoms with Gasteiger partial charge in [-0.1, -0.05) is 38.1 Å². The normalized spacial score (nSPS) is 13.0. The average Bonchev–Trinajstić information content (AvgIpc) is 2.96. The molecule has 0 bridgehead atoms. The molecular weight excluding hydrogens is 290 g/mol. The van der Waals surface area contributed by atoms with Crippen molar-refractivity contribution in [2.24, 2.45) is 5.41 Å². The highest BCUT2D eigenvalue weighted by Gasteiger charge is 2.30. The number of nitrogens with one attached hydrogen (secondary N) is 1. The highest BCUT2D eigenvalue weighted by Crippen LogP contribution is 2.30. The molecule has 2 aromatic heterocycles. The number of hydrogen-bond donors (Lipinski definition) is 1. The van der Waals surface area contributed by atoms with Crippen LogP contribution in [0.15, 0.2) is 48.8 Å². The first-order valence-corrected chi connectivity index (χ1v) is 7.47. The highest BCUT2D eigenvalue weighted by molar-refractivity contribution is 5.94. The monoisotopic (exact) mass is 309 g/mol. The molecule has 23 heavy (non-hydrogen) atoms. The van der Waals surface area contributed by atoms with Crippen molar-refractivity contribution in [3.05, 3.63) is 54.4 Å². The second kappa shape index (κ2) is 5.79. The Kier molecular flexibility index (Phi) is 3.82. The van der Waals surface area contributed by atoms with Crippen LogP contribution in [-0.4, -0.2) is 25.9 Å². The standard InChI is InChI=1S/C17H19N5O/c1-17(2,3)16(19-15(23)12-8-10-18-11-9-12)22-14-7-5-4-6-13(14)20-21-22/h4-11,16H,1-3H3,(H,19,23). The van der Waals surface area contributed by atoms with Gasteiger partial charge in [0.05, 0.1) is 5.52 Å². The van der Waals surface area contributed by atoms with Crippen LogP contribution in [0.25, 0.3) is 11.0 Å². The predicted octanol–water partition coefficient (Wildman–Crippen LogP) is 2.80. The molecule has 1 amide bonds. The lowest BCUT2D eigenvalue weighted by Gasteiger charge is -2.31. The maximum atomic E-state index is 12.5. The van der Waals surface area contributed by atoms with Gasteiger partial charge in [-0.05, 0) is 24.3 Å². The lowest BCUT2D eigenvalue weighted by Crippen LogP contribution is -2.41. The van der Waals surface area contributed by atoms with E-state index in [0.717, 1.165) is 11.0 Å². The summed E-state index contributed by atoms with van der Waals surface area (Å²) < 4.78 is 1.77. The smallest absolute Gasteiger partial charge is 0.253 e. The molecule has 6 heteroatoms. The SMILES string of the molecule is CC(C)(C)C(NC(=O)c1ccncc1)n1nnc2ccccc21. The molecule has 1 unspecified atom stereocenters. The summed E-state index contributed by atoms with van der Waals surface area (Å²) >= 11 is 0. The van der Waals surface area contributed by atoms with Crippen LogP contribution in [0.3, 0.4) is 0 Å². The number of carbonyl (C=O) groups is 1. The van der Waals surface area contributed by atoms with Gasteiger partial charge in [0.2, 0.25) is 0 Å². The molecule has 0 fully saturated rings. The number of hydrogen-bond acceptors (Lipinski definition) is 4. The molecule has 3 aromatic rings. The highest BCUT2D eigenvalue weighted by atomic mass is 16.1. The maximum absolute atomic E-state index is 12.5. The summed E-state index contributed by atoms with van der Waals surface area (Å²) in [7, 11) is 0. The van der Waals surface area contributed by atoms with Gasteiger partial charge in [-0.25, -0.2) is 4.68 Å². The minimum atomic E-state index is -0.324. The molecule has 0 aliphatic carbocycles. The number of benzene rings is 1. The molecule has 0 saturated heterocycles. The number of para-hydroxylation sites is 1. The molecule has 1 atom stereocenters. The van der Waals surface area contributed by atoms with E-state index in [1.807, 2.05) is 24.3 Å². The van der Waals surface area contributed by atoms with E-state index in [0.29, 0.717) is 5.56 Å². The molecule has 3 rings (SSSR count).